The molecule has 0 saturated carbocycles. The van der Waals surface area contributed by atoms with Crippen LogP contribution in [-0.4, -0.2) is 20.2 Å². The van der Waals surface area contributed by atoms with E-state index in [0.717, 1.165) is 0 Å². The number of para-hydroxylation sites is 1. The van der Waals surface area contributed by atoms with Gasteiger partial charge in [-0.2, -0.15) is 0 Å². The second kappa shape index (κ2) is 15.8. The van der Waals surface area contributed by atoms with Crippen molar-refractivity contribution < 1.29 is 92.7 Å². The van der Waals surface area contributed by atoms with Crippen molar-refractivity contribution in [2.45, 2.75) is 7.43 Å². The number of hydrogen-bond donors (Lipinski definition) is 1. The van der Waals surface area contributed by atoms with Crippen LogP contribution in [-0.2, 0) is 0 Å². The third-order valence-electron chi connectivity index (χ3n) is 8.06. The topological polar surface area (TPSA) is 4.44 Å². The lowest BCUT2D eigenvalue weighted by atomic mass is 9.12. The molecule has 0 aliphatic rings. The molecule has 0 saturated heterocycles. The van der Waals surface area contributed by atoms with E-state index in [1.807, 2.05) is 6.07 Å². The monoisotopic (exact) mass is 817 g/mol. The number of benzene rings is 5. The Morgan fingerprint density at radius 3 is 0.600 bits per heavy atom. The molecule has 5 aromatic carbocycles. The number of quaternary nitrogens is 1. The van der Waals surface area contributed by atoms with E-state index in [1.165, 1.54) is 10.6 Å². The lowest BCUT2D eigenvalue weighted by Gasteiger charge is -2.44. The summed E-state index contributed by atoms with van der Waals surface area (Å²) in [5.74, 6) is -71.4. The first kappa shape index (κ1) is 44.1. The molecule has 0 fully saturated rings. The van der Waals surface area contributed by atoms with E-state index in [4.69, 9.17) is 0 Å². The van der Waals surface area contributed by atoms with Crippen LogP contribution >= 0.6 is 0 Å². The van der Waals surface area contributed by atoms with E-state index in [0.29, 0.717) is 0 Å². The Labute approximate surface area is 294 Å². The summed E-state index contributed by atoms with van der Waals surface area (Å²) < 4.78 is 294. The van der Waals surface area contributed by atoms with Crippen LogP contribution in [0.2, 0.25) is 0 Å². The Balaban J connectivity index is 0.000000712. The van der Waals surface area contributed by atoms with Gasteiger partial charge in [0.25, 0.3) is 0 Å². The molecule has 0 aromatic heterocycles. The second-order valence-corrected chi connectivity index (χ2v) is 11.2. The molecule has 0 bridgehead atoms. The first-order chi connectivity index (χ1) is 25.0. The fourth-order valence-electron chi connectivity index (χ4n) is 5.65. The van der Waals surface area contributed by atoms with Gasteiger partial charge in [0, 0.05) is 0 Å². The molecule has 55 heavy (non-hydrogen) atoms. The van der Waals surface area contributed by atoms with Gasteiger partial charge in [-0.1, -0.05) is 25.6 Å². The Kier molecular flexibility index (Phi) is 12.7. The summed E-state index contributed by atoms with van der Waals surface area (Å²) in [6, 6.07) is 10.4. The van der Waals surface area contributed by atoms with Gasteiger partial charge >= 0.3 is 0 Å². The van der Waals surface area contributed by atoms with Gasteiger partial charge in [0.05, 0.1) is 14.1 Å². The van der Waals surface area contributed by atoms with Gasteiger partial charge in [-0.15, -0.1) is 21.9 Å². The van der Waals surface area contributed by atoms with Gasteiger partial charge in [-0.3, -0.25) is 0 Å². The number of nitrogens with one attached hydrogen (secondary N) is 1. The van der Waals surface area contributed by atoms with E-state index in [-0.39, 0.29) is 7.43 Å². The molecular formula is C33H16BF20N. The zero-order chi connectivity index (χ0) is 41.0. The molecule has 1 nitrogen and oxygen atoms in total. The third-order valence-corrected chi connectivity index (χ3v) is 8.06. The summed E-state index contributed by atoms with van der Waals surface area (Å²) in [7, 11) is 4.24. The highest BCUT2D eigenvalue weighted by atomic mass is 19.2. The lowest BCUT2D eigenvalue weighted by molar-refractivity contribution is -0.786. The van der Waals surface area contributed by atoms with Gasteiger partial charge in [-0.05, 0) is 12.1 Å². The van der Waals surface area contributed by atoms with Crippen molar-refractivity contribution in [3.05, 3.63) is 147 Å². The normalized spacial score (nSPS) is 11.5. The summed E-state index contributed by atoms with van der Waals surface area (Å²) in [5, 5.41) is 0. The quantitative estimate of drug-likeness (QED) is 0.0850. The third kappa shape index (κ3) is 6.62. The smallest absolute Gasteiger partial charge is 0.200 e. The van der Waals surface area contributed by atoms with Crippen molar-refractivity contribution in [3.8, 4) is 0 Å². The molecule has 0 amide bonds. The van der Waals surface area contributed by atoms with Crippen molar-refractivity contribution in [3.63, 3.8) is 0 Å². The average Bonchev–Trinajstić information content (AvgIpc) is 3.15. The molecule has 0 heterocycles. The highest BCUT2D eigenvalue weighted by Crippen LogP contribution is 2.30. The van der Waals surface area contributed by atoms with E-state index >= 15 is 35.1 Å². The Morgan fingerprint density at radius 2 is 0.455 bits per heavy atom. The van der Waals surface area contributed by atoms with Gasteiger partial charge in [0.2, 0.25) is 0 Å². The molecule has 0 spiro atoms. The molecule has 22 heteroatoms. The summed E-state index contributed by atoms with van der Waals surface area (Å²) in [4.78, 5) is 1.37. The lowest BCUT2D eigenvalue weighted by Crippen LogP contribution is -3.00. The van der Waals surface area contributed by atoms with Gasteiger partial charge in [-0.25, -0.2) is 87.8 Å². The second-order valence-electron chi connectivity index (χ2n) is 11.2. The van der Waals surface area contributed by atoms with Crippen LogP contribution in [0.5, 0.6) is 0 Å². The molecular weight excluding hydrogens is 801 g/mol. The van der Waals surface area contributed by atoms with E-state index < -0.39 is 144 Å². The average molecular weight is 817 g/mol. The summed E-state index contributed by atoms with van der Waals surface area (Å²) in [6.45, 7) is 0. The first-order valence-electron chi connectivity index (χ1n) is 14.1. The van der Waals surface area contributed by atoms with E-state index in [2.05, 4.69) is 38.4 Å². The maximum absolute atomic E-state index is 15.4. The highest BCUT2D eigenvalue weighted by molar-refractivity contribution is 7.20. The minimum absolute atomic E-state index is 0. The Morgan fingerprint density at radius 1 is 0.291 bits per heavy atom. The largest absolute Gasteiger partial charge is 0.307 e. The fourth-order valence-corrected chi connectivity index (χ4v) is 5.65. The molecule has 5 rings (SSSR count). The summed E-state index contributed by atoms with van der Waals surface area (Å²) >= 11 is 0. The molecule has 296 valence electrons. The SMILES string of the molecule is C.C[NH+](C)c1ccccc1.Fc1c(F)c(F)c([B-](c2c(F)c(F)c(F)c(F)c2F)(c2c(F)c(F)c(F)c(F)c2F)c2c(F)c(F)c(F)c(F)c2F)c(F)c1F. The maximum atomic E-state index is 15.4. The minimum Gasteiger partial charge on any atom is -0.307 e. The molecule has 0 unspecified atom stereocenters. The maximum Gasteiger partial charge on any atom is 0.200 e. The standard InChI is InChI=1S/C24BF20.C8H11N.CH4/c26-5-1(6(27)14(35)21(42)13(5)34)25(2-7(28)15(36)22(43)16(37)8(2)29,3-9(30)17(38)23(44)18(39)10(3)31)4-11(32)19(40)24(45)20(41)12(4)33;1-9(2)8-6-4-3-5-7-8;/h;3-7H,1-2H3;1H4/q-1;;/p+1. The van der Waals surface area contributed by atoms with Crippen molar-refractivity contribution in [2.24, 2.45) is 0 Å². The zero-order valence-electron chi connectivity index (χ0n) is 26.0. The van der Waals surface area contributed by atoms with Crippen LogP contribution < -0.4 is 26.8 Å². The molecule has 0 radical (unpaired) electrons. The van der Waals surface area contributed by atoms with Crippen molar-refractivity contribution >= 4 is 33.7 Å². The van der Waals surface area contributed by atoms with Crippen LogP contribution in [0.15, 0.2) is 30.3 Å². The minimum atomic E-state index is -7.22. The van der Waals surface area contributed by atoms with Crippen LogP contribution in [0, 0.1) is 116 Å². The summed E-state index contributed by atoms with van der Waals surface area (Å²) in [6.07, 6.45) is -7.22. The molecule has 0 aliphatic carbocycles. The van der Waals surface area contributed by atoms with E-state index in [1.54, 1.807) is 0 Å². The van der Waals surface area contributed by atoms with Crippen LogP contribution in [0.4, 0.5) is 93.5 Å². The van der Waals surface area contributed by atoms with Crippen molar-refractivity contribution in [1.82, 2.24) is 0 Å². The predicted molar refractivity (Wildman–Crippen MR) is 155 cm³/mol. The van der Waals surface area contributed by atoms with Crippen LogP contribution in [0.1, 0.15) is 7.43 Å². The van der Waals surface area contributed by atoms with Crippen LogP contribution in [0.3, 0.4) is 0 Å². The van der Waals surface area contributed by atoms with Gasteiger partial charge in [0.15, 0.2) is 69.8 Å². The summed E-state index contributed by atoms with van der Waals surface area (Å²) in [5.41, 5.74) is -13.0. The van der Waals surface area contributed by atoms with Gasteiger partial charge < -0.3 is 4.90 Å². The van der Waals surface area contributed by atoms with Gasteiger partial charge in [0.1, 0.15) is 58.4 Å². The van der Waals surface area contributed by atoms with Crippen molar-refractivity contribution in [2.75, 3.05) is 14.1 Å². The molecule has 0 aliphatic heterocycles. The zero-order valence-corrected chi connectivity index (χ0v) is 26.0. The highest BCUT2D eigenvalue weighted by Gasteiger charge is 2.52. The predicted octanol–water partition coefficient (Wildman–Crippen LogP) is 6.94. The molecule has 5 aromatic rings. The number of halogens is 20. The first-order valence-corrected chi connectivity index (χ1v) is 14.1. The molecule has 0 atom stereocenters. The van der Waals surface area contributed by atoms with Crippen molar-refractivity contribution in [1.29, 1.82) is 0 Å². The van der Waals surface area contributed by atoms with Crippen LogP contribution in [0.25, 0.3) is 0 Å². The Hall–Kier alpha value is -5.28. The fraction of sp³-hybridized carbons (Fsp3) is 0.0909. The Bertz CT molecular complexity index is 1930. The molecule has 1 N–H and O–H groups in total. The van der Waals surface area contributed by atoms with E-state index in [9.17, 15) is 52.7 Å². The number of hydrogen-bond acceptors (Lipinski definition) is 0. The number of rotatable bonds is 5.